The zero-order chi connectivity index (χ0) is 20.7. The highest BCUT2D eigenvalue weighted by atomic mass is 16.5. The molecule has 152 valence electrons. The first-order chi connectivity index (χ1) is 12.4. The number of carbonyl (C=O) groups excluding carboxylic acids is 2. The van der Waals surface area contributed by atoms with Crippen molar-refractivity contribution >= 4 is 12.1 Å². The van der Waals surface area contributed by atoms with Gasteiger partial charge >= 0.3 is 0 Å². The molecule has 0 spiro atoms. The van der Waals surface area contributed by atoms with Crippen LogP contribution in [0.1, 0.15) is 79.4 Å². The largest absolute Gasteiger partial charge is 0.375 e. The quantitative estimate of drug-likeness (QED) is 0.388. The van der Waals surface area contributed by atoms with E-state index in [1.165, 1.54) is 0 Å². The normalized spacial score (nSPS) is 14.0. The van der Waals surface area contributed by atoms with Crippen LogP contribution >= 0.6 is 0 Å². The van der Waals surface area contributed by atoms with E-state index < -0.39 is 22.7 Å². The molecule has 0 aromatic heterocycles. The molecule has 0 heterocycles. The maximum Gasteiger partial charge on any atom is 0.174 e. The van der Waals surface area contributed by atoms with Crippen molar-refractivity contribution in [2.24, 2.45) is 5.41 Å². The monoisotopic (exact) mass is 376 g/mol. The Morgan fingerprint density at radius 2 is 1.59 bits per heavy atom. The van der Waals surface area contributed by atoms with Crippen molar-refractivity contribution < 1.29 is 19.1 Å². The van der Waals surface area contributed by atoms with Gasteiger partial charge in [0.15, 0.2) is 5.78 Å². The zero-order valence-electron chi connectivity index (χ0n) is 18.0. The second-order valence-corrected chi connectivity index (χ2v) is 9.03. The van der Waals surface area contributed by atoms with E-state index in [9.17, 15) is 9.59 Å². The fourth-order valence-electron chi connectivity index (χ4n) is 2.72. The number of Topliss-reactive ketones (excluding diaryl/α,β-unsaturated/α-hetero) is 1. The van der Waals surface area contributed by atoms with Gasteiger partial charge in [-0.15, -0.1) is 0 Å². The van der Waals surface area contributed by atoms with Crippen LogP contribution in [0.3, 0.4) is 0 Å². The molecule has 1 unspecified atom stereocenters. The summed E-state index contributed by atoms with van der Waals surface area (Å²) < 4.78 is 12.3. The Kier molecular flexibility index (Phi) is 8.37. The van der Waals surface area contributed by atoms with Gasteiger partial charge in [0.25, 0.3) is 0 Å². The lowest BCUT2D eigenvalue weighted by atomic mass is 9.71. The van der Waals surface area contributed by atoms with E-state index in [1.54, 1.807) is 0 Å². The molecular weight excluding hydrogens is 340 g/mol. The number of benzene rings is 1. The summed E-state index contributed by atoms with van der Waals surface area (Å²) in [6, 6.07) is 9.63. The van der Waals surface area contributed by atoms with E-state index in [2.05, 4.69) is 0 Å². The molecule has 0 radical (unpaired) electrons. The van der Waals surface area contributed by atoms with Gasteiger partial charge in [-0.25, -0.2) is 0 Å². The molecule has 0 saturated heterocycles. The van der Waals surface area contributed by atoms with Crippen molar-refractivity contribution in [3.8, 4) is 0 Å². The molecule has 0 saturated carbocycles. The summed E-state index contributed by atoms with van der Waals surface area (Å²) in [4.78, 5) is 24.0. The smallest absolute Gasteiger partial charge is 0.174 e. The van der Waals surface area contributed by atoms with Crippen molar-refractivity contribution in [2.45, 2.75) is 85.0 Å². The number of hydrogen-bond acceptors (Lipinski definition) is 4. The molecule has 0 N–H and O–H groups in total. The Morgan fingerprint density at radius 1 is 1.00 bits per heavy atom. The molecule has 1 aromatic carbocycles. The molecule has 1 aromatic rings. The maximum atomic E-state index is 13.6. The summed E-state index contributed by atoms with van der Waals surface area (Å²) in [7, 11) is 0. The van der Waals surface area contributed by atoms with Crippen LogP contribution in [0.15, 0.2) is 30.3 Å². The predicted octanol–water partition coefficient (Wildman–Crippen LogP) is 5.30. The number of aldehydes is 1. The van der Waals surface area contributed by atoms with Crippen LogP contribution in [-0.2, 0) is 19.1 Å². The zero-order valence-corrected chi connectivity index (χ0v) is 18.0. The third-order valence-corrected chi connectivity index (χ3v) is 5.11. The second-order valence-electron chi connectivity index (χ2n) is 9.03. The minimum atomic E-state index is -0.760. The van der Waals surface area contributed by atoms with E-state index in [1.807, 2.05) is 78.8 Å². The fraction of sp³-hybridized carbons (Fsp3) is 0.652. The third-order valence-electron chi connectivity index (χ3n) is 5.11. The van der Waals surface area contributed by atoms with Crippen LogP contribution in [-0.4, -0.2) is 29.9 Å². The maximum absolute atomic E-state index is 13.6. The highest BCUT2D eigenvalue weighted by molar-refractivity contribution is 5.90. The average molecular weight is 377 g/mol. The van der Waals surface area contributed by atoms with Crippen LogP contribution in [0.5, 0.6) is 0 Å². The lowest BCUT2D eigenvalue weighted by Gasteiger charge is -2.42. The Morgan fingerprint density at radius 3 is 2.11 bits per heavy atom. The minimum Gasteiger partial charge on any atom is -0.375 e. The Balaban J connectivity index is 3.01. The first-order valence-electron chi connectivity index (χ1n) is 9.77. The van der Waals surface area contributed by atoms with Crippen LogP contribution in [0.4, 0.5) is 0 Å². The number of ether oxygens (including phenoxy) is 2. The Hall–Kier alpha value is -1.52. The van der Waals surface area contributed by atoms with Crippen LogP contribution < -0.4 is 0 Å². The number of ketones is 1. The molecule has 0 aliphatic heterocycles. The van der Waals surface area contributed by atoms with Crippen molar-refractivity contribution in [3.05, 3.63) is 35.9 Å². The fourth-order valence-corrected chi connectivity index (χ4v) is 2.72. The lowest BCUT2D eigenvalue weighted by Crippen LogP contribution is -2.50. The number of unbranched alkanes of at least 4 members (excludes halogenated alkanes) is 2. The summed E-state index contributed by atoms with van der Waals surface area (Å²) in [5.41, 5.74) is -1.03. The van der Waals surface area contributed by atoms with Gasteiger partial charge in [-0.3, -0.25) is 4.79 Å². The molecule has 0 aliphatic carbocycles. The van der Waals surface area contributed by atoms with Crippen molar-refractivity contribution in [1.82, 2.24) is 0 Å². The Labute approximate surface area is 164 Å². The number of hydrogen-bond donors (Lipinski definition) is 0. The van der Waals surface area contributed by atoms with E-state index >= 15 is 0 Å². The van der Waals surface area contributed by atoms with Crippen molar-refractivity contribution in [2.75, 3.05) is 6.61 Å². The highest BCUT2D eigenvalue weighted by Crippen LogP contribution is 2.41. The van der Waals surface area contributed by atoms with Crippen LogP contribution in [0.25, 0.3) is 0 Å². The van der Waals surface area contributed by atoms with E-state index in [0.29, 0.717) is 13.0 Å². The minimum absolute atomic E-state index is 0.00140. The first kappa shape index (κ1) is 23.5. The van der Waals surface area contributed by atoms with E-state index in [-0.39, 0.29) is 5.78 Å². The van der Waals surface area contributed by atoms with Gasteiger partial charge in [-0.1, -0.05) is 44.2 Å². The molecule has 4 nitrogen and oxygen atoms in total. The van der Waals surface area contributed by atoms with E-state index in [4.69, 9.17) is 9.47 Å². The van der Waals surface area contributed by atoms with E-state index in [0.717, 1.165) is 24.7 Å². The first-order valence-corrected chi connectivity index (χ1v) is 9.77. The summed E-state index contributed by atoms with van der Waals surface area (Å²) in [5, 5.41) is 0. The van der Waals surface area contributed by atoms with Gasteiger partial charge < -0.3 is 14.3 Å². The van der Waals surface area contributed by atoms with Crippen LogP contribution in [0, 0.1) is 5.41 Å². The van der Waals surface area contributed by atoms with Crippen molar-refractivity contribution in [1.29, 1.82) is 0 Å². The summed E-state index contributed by atoms with van der Waals surface area (Å²) in [6.45, 7) is 14.1. The molecule has 1 rings (SSSR count). The lowest BCUT2D eigenvalue weighted by molar-refractivity contribution is -0.168. The molecular formula is C23H36O4. The molecule has 0 amide bonds. The SMILES string of the molecule is CC(C)(C)OC(C(=O)C(C)(C)C(C)(C)OCCCCC=O)c1ccccc1. The van der Waals surface area contributed by atoms with Crippen molar-refractivity contribution in [3.63, 3.8) is 0 Å². The molecule has 0 aliphatic rings. The molecule has 4 heteroatoms. The highest BCUT2D eigenvalue weighted by Gasteiger charge is 2.47. The van der Waals surface area contributed by atoms with Gasteiger partial charge in [0.05, 0.1) is 16.6 Å². The standard InChI is InChI=1S/C23H36O4/c1-21(2,3)27-19(18-14-10-8-11-15-18)20(25)22(4,5)23(6,7)26-17-13-9-12-16-24/h8,10-11,14-16,19H,9,12-13,17H2,1-7H3. The van der Waals surface area contributed by atoms with Gasteiger partial charge in [-0.05, 0) is 53.0 Å². The second kappa shape index (κ2) is 9.61. The summed E-state index contributed by atoms with van der Waals surface area (Å²) in [6.07, 6.45) is 2.41. The van der Waals surface area contributed by atoms with Gasteiger partial charge in [-0.2, -0.15) is 0 Å². The Bertz CT molecular complexity index is 597. The topological polar surface area (TPSA) is 52.6 Å². The van der Waals surface area contributed by atoms with Gasteiger partial charge in [0.2, 0.25) is 0 Å². The predicted molar refractivity (Wildman–Crippen MR) is 109 cm³/mol. The number of carbonyl (C=O) groups is 2. The molecule has 0 fully saturated rings. The molecule has 27 heavy (non-hydrogen) atoms. The average Bonchev–Trinajstić information content (AvgIpc) is 2.58. The van der Waals surface area contributed by atoms with Gasteiger partial charge in [0.1, 0.15) is 12.4 Å². The third kappa shape index (κ3) is 6.86. The van der Waals surface area contributed by atoms with Gasteiger partial charge in [0, 0.05) is 13.0 Å². The van der Waals surface area contributed by atoms with Crippen LogP contribution in [0.2, 0.25) is 0 Å². The molecule has 0 bridgehead atoms. The number of rotatable bonds is 11. The summed E-state index contributed by atoms with van der Waals surface area (Å²) in [5.74, 6) is 0.00140. The summed E-state index contributed by atoms with van der Waals surface area (Å²) >= 11 is 0. The molecule has 1 atom stereocenters.